The van der Waals surface area contributed by atoms with Crippen LogP contribution in [-0.2, 0) is 22.6 Å². The molecule has 2 rings (SSSR count). The molecule has 0 saturated carbocycles. The van der Waals surface area contributed by atoms with Crippen LogP contribution in [0, 0.1) is 0 Å². The summed E-state index contributed by atoms with van der Waals surface area (Å²) in [5, 5.41) is 4.43. The van der Waals surface area contributed by atoms with Gasteiger partial charge in [0.05, 0.1) is 6.42 Å². The highest BCUT2D eigenvalue weighted by Gasteiger charge is 2.31. The number of carbonyl (C=O) groups excluding carboxylic acids is 2. The van der Waals surface area contributed by atoms with Gasteiger partial charge in [0.2, 0.25) is 11.8 Å². The van der Waals surface area contributed by atoms with E-state index in [4.69, 9.17) is 34.8 Å². The third-order valence-electron chi connectivity index (χ3n) is 4.52. The van der Waals surface area contributed by atoms with Crippen LogP contribution >= 0.6 is 34.8 Å². The van der Waals surface area contributed by atoms with Gasteiger partial charge in [0.15, 0.2) is 0 Å². The van der Waals surface area contributed by atoms with Crippen molar-refractivity contribution in [3.05, 3.63) is 68.7 Å². The Bertz CT molecular complexity index is 889. The number of hydrogen-bond acceptors (Lipinski definition) is 2. The topological polar surface area (TPSA) is 49.4 Å². The molecule has 2 amide bonds. The Balaban J connectivity index is 2.39. The summed E-state index contributed by atoms with van der Waals surface area (Å²) in [5.74, 6) is -0.420. The van der Waals surface area contributed by atoms with Gasteiger partial charge in [-0.1, -0.05) is 59.9 Å². The summed E-state index contributed by atoms with van der Waals surface area (Å²) < 4.78 is 0. The quantitative estimate of drug-likeness (QED) is 0.548. The summed E-state index contributed by atoms with van der Waals surface area (Å²) >= 11 is 18.8. The largest absolute Gasteiger partial charge is 0.350 e. The van der Waals surface area contributed by atoms with E-state index in [1.165, 1.54) is 0 Å². The number of benzene rings is 2. The van der Waals surface area contributed by atoms with Crippen LogP contribution in [0.4, 0.5) is 0 Å². The Hall–Kier alpha value is -1.75. The van der Waals surface area contributed by atoms with E-state index in [9.17, 15) is 9.59 Å². The highest BCUT2D eigenvalue weighted by atomic mass is 35.5. The third kappa shape index (κ3) is 6.90. The lowest BCUT2D eigenvalue weighted by Crippen LogP contribution is -2.53. The highest BCUT2D eigenvalue weighted by molar-refractivity contribution is 6.36. The van der Waals surface area contributed by atoms with Gasteiger partial charge in [-0.2, -0.15) is 0 Å². The van der Waals surface area contributed by atoms with Crippen LogP contribution in [0.1, 0.15) is 45.2 Å². The van der Waals surface area contributed by atoms with E-state index in [0.717, 1.165) is 5.56 Å². The maximum atomic E-state index is 13.3. The lowest BCUT2D eigenvalue weighted by molar-refractivity contribution is -0.141. The average molecular weight is 470 g/mol. The van der Waals surface area contributed by atoms with Crippen molar-refractivity contribution in [1.29, 1.82) is 0 Å². The van der Waals surface area contributed by atoms with Gasteiger partial charge in [0.1, 0.15) is 6.04 Å². The predicted molar refractivity (Wildman–Crippen MR) is 124 cm³/mol. The fourth-order valence-corrected chi connectivity index (χ4v) is 3.88. The van der Waals surface area contributed by atoms with E-state index in [2.05, 4.69) is 5.32 Å². The Morgan fingerprint density at radius 2 is 1.63 bits per heavy atom. The molecule has 2 aromatic rings. The molecule has 0 aromatic heterocycles. The molecule has 2 aromatic carbocycles. The van der Waals surface area contributed by atoms with Crippen molar-refractivity contribution in [2.45, 2.75) is 58.7 Å². The Morgan fingerprint density at radius 1 is 1.03 bits per heavy atom. The average Bonchev–Trinajstić information content (AvgIpc) is 2.62. The predicted octanol–water partition coefficient (Wildman–Crippen LogP) is 5.91. The first-order valence-corrected chi connectivity index (χ1v) is 10.9. The minimum atomic E-state index is -0.664. The second kappa shape index (κ2) is 10.5. The van der Waals surface area contributed by atoms with Crippen molar-refractivity contribution in [3.8, 4) is 0 Å². The molecule has 0 unspecified atom stereocenters. The summed E-state index contributed by atoms with van der Waals surface area (Å²) in [7, 11) is 0. The lowest BCUT2D eigenvalue weighted by Gasteiger charge is -2.33. The van der Waals surface area contributed by atoms with Crippen molar-refractivity contribution in [3.63, 3.8) is 0 Å². The van der Waals surface area contributed by atoms with Gasteiger partial charge in [-0.15, -0.1) is 0 Å². The second-order valence-electron chi connectivity index (χ2n) is 8.19. The SMILES string of the molecule is CC[C@@H](C(=O)NC(C)(C)C)N(Cc1c(Cl)cccc1Cl)C(=O)Cc1cccc(Cl)c1. The number of nitrogens with one attached hydrogen (secondary N) is 1. The molecule has 0 radical (unpaired) electrons. The van der Waals surface area contributed by atoms with Crippen LogP contribution < -0.4 is 5.32 Å². The zero-order valence-corrected chi connectivity index (χ0v) is 19.9. The van der Waals surface area contributed by atoms with Gasteiger partial charge in [-0.25, -0.2) is 0 Å². The molecule has 1 N–H and O–H groups in total. The first-order chi connectivity index (χ1) is 14.0. The number of rotatable bonds is 7. The Morgan fingerprint density at radius 3 is 2.17 bits per heavy atom. The number of halogens is 3. The third-order valence-corrected chi connectivity index (χ3v) is 5.46. The standard InChI is InChI=1S/C23H27Cl3N2O2/c1-5-20(22(30)27-23(2,3)4)28(14-17-18(25)10-7-11-19(17)26)21(29)13-15-8-6-9-16(24)12-15/h6-12,20H,5,13-14H2,1-4H3,(H,27,30)/t20-/m0/s1. The van der Waals surface area contributed by atoms with Gasteiger partial charge in [0.25, 0.3) is 0 Å². The molecule has 0 bridgehead atoms. The first-order valence-electron chi connectivity index (χ1n) is 9.80. The van der Waals surface area contributed by atoms with Gasteiger partial charge in [-0.3, -0.25) is 9.59 Å². The van der Waals surface area contributed by atoms with Crippen molar-refractivity contribution in [2.24, 2.45) is 0 Å². The van der Waals surface area contributed by atoms with Crippen molar-refractivity contribution in [1.82, 2.24) is 10.2 Å². The molecule has 0 spiro atoms. The summed E-state index contributed by atoms with van der Waals surface area (Å²) in [6.07, 6.45) is 0.563. The molecule has 0 aliphatic rings. The molecule has 0 aliphatic heterocycles. The van der Waals surface area contributed by atoms with E-state index in [0.29, 0.717) is 27.1 Å². The fourth-order valence-electron chi connectivity index (χ4n) is 3.15. The fraction of sp³-hybridized carbons (Fsp3) is 0.391. The second-order valence-corrected chi connectivity index (χ2v) is 9.44. The van der Waals surface area contributed by atoms with Gasteiger partial charge < -0.3 is 10.2 Å². The number of nitrogens with zero attached hydrogens (tertiary/aromatic N) is 1. The molecule has 0 saturated heterocycles. The van der Waals surface area contributed by atoms with Crippen molar-refractivity contribution in [2.75, 3.05) is 0 Å². The Labute approximate surface area is 193 Å². The minimum absolute atomic E-state index is 0.113. The summed E-state index contributed by atoms with van der Waals surface area (Å²) in [6, 6.07) is 11.7. The molecule has 4 nitrogen and oxygen atoms in total. The normalized spacial score (nSPS) is 12.4. The van der Waals surface area contributed by atoms with Crippen LogP contribution in [0.2, 0.25) is 15.1 Å². The van der Waals surface area contributed by atoms with E-state index in [1.54, 1.807) is 41.3 Å². The molecule has 162 valence electrons. The Kier molecular flexibility index (Phi) is 8.60. The number of amides is 2. The van der Waals surface area contributed by atoms with Gasteiger partial charge >= 0.3 is 0 Å². The maximum absolute atomic E-state index is 13.3. The summed E-state index contributed by atoms with van der Waals surface area (Å²) in [6.45, 7) is 7.72. The molecular formula is C23H27Cl3N2O2. The van der Waals surface area contributed by atoms with Crippen LogP contribution in [0.5, 0.6) is 0 Å². The van der Waals surface area contributed by atoms with Crippen molar-refractivity contribution < 1.29 is 9.59 Å². The minimum Gasteiger partial charge on any atom is -0.350 e. The molecule has 0 fully saturated rings. The van der Waals surface area contributed by atoms with E-state index < -0.39 is 11.6 Å². The molecule has 0 heterocycles. The number of carbonyl (C=O) groups is 2. The molecule has 0 aliphatic carbocycles. The smallest absolute Gasteiger partial charge is 0.243 e. The zero-order chi connectivity index (χ0) is 22.5. The van der Waals surface area contributed by atoms with E-state index >= 15 is 0 Å². The maximum Gasteiger partial charge on any atom is 0.243 e. The van der Waals surface area contributed by atoms with Gasteiger partial charge in [0, 0.05) is 32.7 Å². The molecule has 7 heteroatoms. The zero-order valence-electron chi connectivity index (χ0n) is 17.6. The van der Waals surface area contributed by atoms with Crippen LogP contribution in [0.15, 0.2) is 42.5 Å². The monoisotopic (exact) mass is 468 g/mol. The van der Waals surface area contributed by atoms with E-state index in [-0.39, 0.29) is 24.8 Å². The van der Waals surface area contributed by atoms with Crippen molar-refractivity contribution >= 4 is 46.6 Å². The van der Waals surface area contributed by atoms with E-state index in [1.807, 2.05) is 33.8 Å². The first kappa shape index (κ1) is 24.5. The van der Waals surface area contributed by atoms with Crippen LogP contribution in [0.25, 0.3) is 0 Å². The summed E-state index contributed by atoms with van der Waals surface area (Å²) in [4.78, 5) is 27.9. The summed E-state index contributed by atoms with van der Waals surface area (Å²) in [5.41, 5.74) is 0.963. The molecule has 30 heavy (non-hydrogen) atoms. The number of hydrogen-bond donors (Lipinski definition) is 1. The van der Waals surface area contributed by atoms with Crippen LogP contribution in [-0.4, -0.2) is 28.3 Å². The van der Waals surface area contributed by atoms with Gasteiger partial charge in [-0.05, 0) is 57.0 Å². The molecule has 1 atom stereocenters. The molecular weight excluding hydrogens is 443 g/mol. The lowest BCUT2D eigenvalue weighted by atomic mass is 10.0. The highest BCUT2D eigenvalue weighted by Crippen LogP contribution is 2.27. The van der Waals surface area contributed by atoms with Crippen LogP contribution in [0.3, 0.4) is 0 Å².